The lowest BCUT2D eigenvalue weighted by Crippen LogP contribution is -2.38. The summed E-state index contributed by atoms with van der Waals surface area (Å²) in [7, 11) is 3.65. The summed E-state index contributed by atoms with van der Waals surface area (Å²) in [5.41, 5.74) is 0.915. The fraction of sp³-hybridized carbons (Fsp3) is 0.462. The van der Waals surface area contributed by atoms with Crippen LogP contribution in [0, 0.1) is 5.82 Å². The molecule has 0 aromatic heterocycles. The van der Waals surface area contributed by atoms with Crippen LogP contribution in [0.5, 0.6) is 0 Å². The van der Waals surface area contributed by atoms with Crippen molar-refractivity contribution in [2.24, 2.45) is 0 Å². The number of nitrogens with zero attached hydrogens (tertiary/aromatic N) is 1. The number of halogens is 1. The number of ether oxygens (including phenoxy) is 1. The van der Waals surface area contributed by atoms with Crippen molar-refractivity contribution in [1.29, 1.82) is 0 Å². The van der Waals surface area contributed by atoms with Crippen molar-refractivity contribution >= 4 is 5.97 Å². The van der Waals surface area contributed by atoms with Crippen LogP contribution in [0.15, 0.2) is 24.3 Å². The van der Waals surface area contributed by atoms with Crippen LogP contribution in [0.1, 0.15) is 12.5 Å². The van der Waals surface area contributed by atoms with E-state index in [1.54, 1.807) is 24.0 Å². The van der Waals surface area contributed by atoms with E-state index in [2.05, 4.69) is 0 Å². The van der Waals surface area contributed by atoms with Crippen LogP contribution in [0.3, 0.4) is 0 Å². The highest BCUT2D eigenvalue weighted by atomic mass is 19.1. The van der Waals surface area contributed by atoms with Gasteiger partial charge in [-0.3, -0.25) is 9.69 Å². The fourth-order valence-electron chi connectivity index (χ4n) is 1.56. The summed E-state index contributed by atoms with van der Waals surface area (Å²) in [4.78, 5) is 13.5. The Bertz CT molecular complexity index is 362. The highest BCUT2D eigenvalue weighted by Crippen LogP contribution is 2.09. The smallest absolute Gasteiger partial charge is 0.323 e. The first-order chi connectivity index (χ1) is 8.04. The van der Waals surface area contributed by atoms with E-state index in [0.717, 1.165) is 5.56 Å². The van der Waals surface area contributed by atoms with E-state index in [0.29, 0.717) is 13.0 Å². The van der Waals surface area contributed by atoms with Crippen molar-refractivity contribution in [2.45, 2.75) is 19.4 Å². The third kappa shape index (κ3) is 4.15. The molecule has 0 saturated carbocycles. The van der Waals surface area contributed by atoms with Gasteiger partial charge in [-0.15, -0.1) is 0 Å². The molecule has 0 N–H and O–H groups in total. The van der Waals surface area contributed by atoms with Crippen molar-refractivity contribution in [2.75, 3.05) is 20.7 Å². The maximum absolute atomic E-state index is 12.8. The molecule has 0 radical (unpaired) electrons. The minimum Gasteiger partial charge on any atom is -0.465 e. The van der Waals surface area contributed by atoms with Gasteiger partial charge in [0.1, 0.15) is 11.9 Å². The Kier molecular flexibility index (Phi) is 5.10. The summed E-state index contributed by atoms with van der Waals surface area (Å²) in [5, 5.41) is 0. The first-order valence-corrected chi connectivity index (χ1v) is 5.62. The molecule has 0 spiro atoms. The van der Waals surface area contributed by atoms with Crippen LogP contribution in [0.4, 0.5) is 4.39 Å². The SMILES string of the molecule is CCOC(=O)[C@H](Cc1ccc(F)cc1)N(C)C. The predicted molar refractivity (Wildman–Crippen MR) is 64.2 cm³/mol. The first-order valence-electron chi connectivity index (χ1n) is 5.62. The van der Waals surface area contributed by atoms with Crippen LogP contribution < -0.4 is 0 Å². The maximum Gasteiger partial charge on any atom is 0.323 e. The number of benzene rings is 1. The Labute approximate surface area is 101 Å². The molecule has 4 heteroatoms. The number of hydrogen-bond acceptors (Lipinski definition) is 3. The second-order valence-corrected chi connectivity index (χ2v) is 4.06. The predicted octanol–water partition coefficient (Wildman–Crippen LogP) is 1.86. The average Bonchev–Trinajstić information content (AvgIpc) is 2.28. The van der Waals surface area contributed by atoms with Crippen LogP contribution in [-0.4, -0.2) is 37.6 Å². The summed E-state index contributed by atoms with van der Waals surface area (Å²) in [6.45, 7) is 2.15. The molecule has 94 valence electrons. The lowest BCUT2D eigenvalue weighted by Gasteiger charge is -2.22. The molecule has 0 unspecified atom stereocenters. The molecule has 0 aliphatic rings. The Balaban J connectivity index is 2.73. The summed E-state index contributed by atoms with van der Waals surface area (Å²) < 4.78 is 17.8. The van der Waals surface area contributed by atoms with Gasteiger partial charge < -0.3 is 4.74 Å². The lowest BCUT2D eigenvalue weighted by atomic mass is 10.1. The minimum atomic E-state index is -0.333. The highest BCUT2D eigenvalue weighted by molar-refractivity contribution is 5.76. The Hall–Kier alpha value is -1.42. The molecule has 0 fully saturated rings. The molecule has 17 heavy (non-hydrogen) atoms. The molecule has 1 aromatic rings. The number of esters is 1. The number of likely N-dealkylation sites (N-methyl/N-ethyl adjacent to an activating group) is 1. The summed E-state index contributed by atoms with van der Waals surface area (Å²) in [6.07, 6.45) is 0.520. The minimum absolute atomic E-state index is 0.248. The van der Waals surface area contributed by atoms with Crippen molar-refractivity contribution in [1.82, 2.24) is 4.90 Å². The summed E-state index contributed by atoms with van der Waals surface area (Å²) in [6, 6.07) is 5.83. The van der Waals surface area contributed by atoms with E-state index in [9.17, 15) is 9.18 Å². The third-order valence-corrected chi connectivity index (χ3v) is 2.52. The zero-order chi connectivity index (χ0) is 12.8. The standard InChI is InChI=1S/C13H18FNO2/c1-4-17-13(16)12(15(2)3)9-10-5-7-11(14)8-6-10/h5-8,12H,4,9H2,1-3H3/t12-/m0/s1. The van der Waals surface area contributed by atoms with E-state index in [1.165, 1.54) is 12.1 Å². The number of rotatable bonds is 5. The molecular formula is C13H18FNO2. The van der Waals surface area contributed by atoms with E-state index < -0.39 is 0 Å². The van der Waals surface area contributed by atoms with Gasteiger partial charge in [-0.2, -0.15) is 0 Å². The third-order valence-electron chi connectivity index (χ3n) is 2.52. The Morgan fingerprint density at radius 1 is 1.35 bits per heavy atom. The van der Waals surface area contributed by atoms with Gasteiger partial charge in [0.15, 0.2) is 0 Å². The zero-order valence-electron chi connectivity index (χ0n) is 10.4. The Morgan fingerprint density at radius 3 is 2.41 bits per heavy atom. The molecule has 1 rings (SSSR count). The normalized spacial score (nSPS) is 12.5. The second kappa shape index (κ2) is 6.35. The van der Waals surface area contributed by atoms with Crippen LogP contribution in [0.2, 0.25) is 0 Å². The van der Waals surface area contributed by atoms with Crippen LogP contribution in [0.25, 0.3) is 0 Å². The number of carbonyl (C=O) groups excluding carboxylic acids is 1. The van der Waals surface area contributed by atoms with Crippen molar-refractivity contribution in [3.05, 3.63) is 35.6 Å². The molecule has 0 saturated heterocycles. The monoisotopic (exact) mass is 239 g/mol. The molecule has 0 amide bonds. The maximum atomic E-state index is 12.8. The van der Waals surface area contributed by atoms with Gasteiger partial charge in [0.05, 0.1) is 6.61 Å². The van der Waals surface area contributed by atoms with E-state index >= 15 is 0 Å². The van der Waals surface area contributed by atoms with E-state index in [-0.39, 0.29) is 17.8 Å². The van der Waals surface area contributed by atoms with Crippen LogP contribution >= 0.6 is 0 Å². The molecule has 0 bridgehead atoms. The van der Waals surface area contributed by atoms with Gasteiger partial charge in [-0.25, -0.2) is 4.39 Å². The van der Waals surface area contributed by atoms with Crippen molar-refractivity contribution < 1.29 is 13.9 Å². The highest BCUT2D eigenvalue weighted by Gasteiger charge is 2.22. The second-order valence-electron chi connectivity index (χ2n) is 4.06. The van der Waals surface area contributed by atoms with Gasteiger partial charge >= 0.3 is 5.97 Å². The van der Waals surface area contributed by atoms with Gasteiger partial charge in [0, 0.05) is 0 Å². The average molecular weight is 239 g/mol. The number of carbonyl (C=O) groups is 1. The summed E-state index contributed by atoms with van der Waals surface area (Å²) >= 11 is 0. The Morgan fingerprint density at radius 2 is 1.94 bits per heavy atom. The molecule has 0 aliphatic heterocycles. The largest absolute Gasteiger partial charge is 0.465 e. The van der Waals surface area contributed by atoms with Gasteiger partial charge in [-0.1, -0.05) is 12.1 Å². The van der Waals surface area contributed by atoms with Crippen molar-refractivity contribution in [3.63, 3.8) is 0 Å². The zero-order valence-corrected chi connectivity index (χ0v) is 10.4. The van der Waals surface area contributed by atoms with Gasteiger partial charge in [0.25, 0.3) is 0 Å². The first kappa shape index (κ1) is 13.6. The van der Waals surface area contributed by atoms with E-state index in [4.69, 9.17) is 4.74 Å². The molecular weight excluding hydrogens is 221 g/mol. The molecule has 0 heterocycles. The summed E-state index contributed by atoms with van der Waals surface area (Å²) in [5.74, 6) is -0.520. The molecule has 0 aliphatic carbocycles. The lowest BCUT2D eigenvalue weighted by molar-refractivity contribution is -0.148. The quantitative estimate of drug-likeness (QED) is 0.735. The van der Waals surface area contributed by atoms with Crippen LogP contribution in [-0.2, 0) is 16.0 Å². The molecule has 1 atom stereocenters. The van der Waals surface area contributed by atoms with E-state index in [1.807, 2.05) is 14.1 Å². The van der Waals surface area contributed by atoms with Gasteiger partial charge in [-0.05, 0) is 45.1 Å². The fourth-order valence-corrected chi connectivity index (χ4v) is 1.56. The molecule has 1 aromatic carbocycles. The topological polar surface area (TPSA) is 29.5 Å². The molecule has 3 nitrogen and oxygen atoms in total. The number of hydrogen-bond donors (Lipinski definition) is 0. The van der Waals surface area contributed by atoms with Crippen molar-refractivity contribution in [3.8, 4) is 0 Å². The van der Waals surface area contributed by atoms with Gasteiger partial charge in [0.2, 0.25) is 0 Å².